The highest BCUT2D eigenvalue weighted by Crippen LogP contribution is 2.26. The lowest BCUT2D eigenvalue weighted by molar-refractivity contribution is -0.145. The van der Waals surface area contributed by atoms with Gasteiger partial charge < -0.3 is 10.1 Å². The highest BCUT2D eigenvalue weighted by Gasteiger charge is 2.31. The number of esters is 1. The zero-order valence-corrected chi connectivity index (χ0v) is 11.9. The lowest BCUT2D eigenvalue weighted by Crippen LogP contribution is -2.45. The molecule has 0 rings (SSSR count). The molecule has 114 valence electrons. The van der Waals surface area contributed by atoms with Gasteiger partial charge in [-0.25, -0.2) is 0 Å². The molecular weight excluding hydrogens is 259 g/mol. The number of alkyl halides is 3. The van der Waals surface area contributed by atoms with Crippen molar-refractivity contribution in [3.63, 3.8) is 0 Å². The van der Waals surface area contributed by atoms with Gasteiger partial charge in [0.25, 0.3) is 0 Å². The van der Waals surface area contributed by atoms with Gasteiger partial charge in [0.15, 0.2) is 0 Å². The van der Waals surface area contributed by atoms with Gasteiger partial charge >= 0.3 is 12.1 Å². The summed E-state index contributed by atoms with van der Waals surface area (Å²) in [4.78, 5) is 11.5. The van der Waals surface area contributed by atoms with Gasteiger partial charge in [0.05, 0.1) is 13.0 Å². The molecule has 0 aliphatic rings. The van der Waals surface area contributed by atoms with Gasteiger partial charge in [-0.1, -0.05) is 6.92 Å². The molecule has 0 aromatic rings. The number of hydrogen-bond donors (Lipinski definition) is 1. The Hall–Kier alpha value is -0.780. The lowest BCUT2D eigenvalue weighted by Gasteiger charge is -2.30. The molecule has 0 aliphatic heterocycles. The summed E-state index contributed by atoms with van der Waals surface area (Å²) in [5.41, 5.74) is -0.631. The highest BCUT2D eigenvalue weighted by atomic mass is 19.4. The quantitative estimate of drug-likeness (QED) is 0.659. The van der Waals surface area contributed by atoms with Gasteiger partial charge in [0, 0.05) is 12.0 Å². The van der Waals surface area contributed by atoms with Crippen molar-refractivity contribution < 1.29 is 22.7 Å². The van der Waals surface area contributed by atoms with Crippen molar-refractivity contribution >= 4 is 5.97 Å². The van der Waals surface area contributed by atoms with E-state index >= 15 is 0 Å². The van der Waals surface area contributed by atoms with Crippen molar-refractivity contribution in [2.24, 2.45) is 0 Å². The Balaban J connectivity index is 4.37. The van der Waals surface area contributed by atoms with E-state index in [0.717, 1.165) is 6.42 Å². The fourth-order valence-electron chi connectivity index (χ4n) is 1.88. The molecule has 1 N–H and O–H groups in total. The summed E-state index contributed by atoms with van der Waals surface area (Å²) in [5, 5.41) is 3.15. The standard InChI is InChI=1S/C13H24F3NO2/c1-4-9-17-12(3,10-11(18)19-5-2)7-6-8-13(14,15)16/h17H,4-10H2,1-3H3. The molecule has 1 unspecified atom stereocenters. The molecule has 3 nitrogen and oxygen atoms in total. The summed E-state index contributed by atoms with van der Waals surface area (Å²) in [6.07, 6.45) is -3.70. The van der Waals surface area contributed by atoms with Crippen LogP contribution in [0, 0.1) is 0 Å². The van der Waals surface area contributed by atoms with E-state index in [1.54, 1.807) is 13.8 Å². The molecule has 19 heavy (non-hydrogen) atoms. The summed E-state index contributed by atoms with van der Waals surface area (Å²) in [5.74, 6) is -0.374. The first-order valence-electron chi connectivity index (χ1n) is 6.70. The summed E-state index contributed by atoms with van der Waals surface area (Å²) in [6, 6.07) is 0. The van der Waals surface area contributed by atoms with E-state index in [0.29, 0.717) is 13.0 Å². The Morgan fingerprint density at radius 2 is 1.84 bits per heavy atom. The first-order chi connectivity index (χ1) is 8.72. The number of rotatable bonds is 9. The second kappa shape index (κ2) is 8.40. The number of carbonyl (C=O) groups is 1. The van der Waals surface area contributed by atoms with E-state index < -0.39 is 18.1 Å². The third-order valence-electron chi connectivity index (χ3n) is 2.83. The Bertz CT molecular complexity index is 269. The van der Waals surface area contributed by atoms with Crippen LogP contribution in [-0.2, 0) is 9.53 Å². The van der Waals surface area contributed by atoms with Crippen LogP contribution < -0.4 is 5.32 Å². The maximum Gasteiger partial charge on any atom is 0.389 e. The fourth-order valence-corrected chi connectivity index (χ4v) is 1.88. The summed E-state index contributed by atoms with van der Waals surface area (Å²) < 4.78 is 41.3. The van der Waals surface area contributed by atoms with Gasteiger partial charge in [0.1, 0.15) is 0 Å². The third kappa shape index (κ3) is 9.76. The van der Waals surface area contributed by atoms with E-state index in [1.807, 2.05) is 6.92 Å². The Morgan fingerprint density at radius 3 is 2.32 bits per heavy atom. The van der Waals surface area contributed by atoms with Gasteiger partial charge in [-0.05, 0) is 39.7 Å². The minimum absolute atomic E-state index is 0.0100. The van der Waals surface area contributed by atoms with Crippen LogP contribution in [0.15, 0.2) is 0 Å². The molecule has 0 saturated carbocycles. The predicted octanol–water partition coefficient (Wildman–Crippen LogP) is 3.43. The molecule has 0 amide bonds. The molecule has 1 atom stereocenters. The average molecular weight is 283 g/mol. The largest absolute Gasteiger partial charge is 0.466 e. The first kappa shape index (κ1) is 18.2. The van der Waals surface area contributed by atoms with Crippen LogP contribution in [0.2, 0.25) is 0 Å². The van der Waals surface area contributed by atoms with Crippen molar-refractivity contribution in [3.8, 4) is 0 Å². The van der Waals surface area contributed by atoms with Crippen molar-refractivity contribution in [1.29, 1.82) is 0 Å². The van der Waals surface area contributed by atoms with Gasteiger partial charge in [0.2, 0.25) is 0 Å². The van der Waals surface area contributed by atoms with Crippen LogP contribution in [-0.4, -0.2) is 30.8 Å². The number of ether oxygens (including phenoxy) is 1. The second-order valence-electron chi connectivity index (χ2n) is 4.94. The van der Waals surface area contributed by atoms with Gasteiger partial charge in [-0.2, -0.15) is 13.2 Å². The molecule has 0 aromatic heterocycles. The Morgan fingerprint density at radius 1 is 1.21 bits per heavy atom. The third-order valence-corrected chi connectivity index (χ3v) is 2.83. The number of hydrogen-bond acceptors (Lipinski definition) is 3. The van der Waals surface area contributed by atoms with Gasteiger partial charge in [-0.15, -0.1) is 0 Å². The number of carbonyl (C=O) groups excluding carboxylic acids is 1. The van der Waals surface area contributed by atoms with E-state index in [2.05, 4.69) is 5.32 Å². The van der Waals surface area contributed by atoms with Crippen LogP contribution in [0.4, 0.5) is 13.2 Å². The predicted molar refractivity (Wildman–Crippen MR) is 67.9 cm³/mol. The van der Waals surface area contributed by atoms with Crippen LogP contribution in [0.1, 0.15) is 52.9 Å². The molecule has 0 fully saturated rings. The highest BCUT2D eigenvalue weighted by molar-refractivity contribution is 5.70. The molecule has 0 aliphatic carbocycles. The molecule has 0 bridgehead atoms. The molecule has 0 spiro atoms. The van der Waals surface area contributed by atoms with E-state index in [9.17, 15) is 18.0 Å². The van der Waals surface area contributed by atoms with Gasteiger partial charge in [-0.3, -0.25) is 4.79 Å². The SMILES string of the molecule is CCCNC(C)(CCCC(F)(F)F)CC(=O)OCC. The number of halogens is 3. The maximum atomic E-state index is 12.2. The van der Waals surface area contributed by atoms with Crippen molar-refractivity contribution in [3.05, 3.63) is 0 Å². The lowest BCUT2D eigenvalue weighted by atomic mass is 9.90. The molecule has 6 heteroatoms. The van der Waals surface area contributed by atoms with Crippen LogP contribution in [0.3, 0.4) is 0 Å². The first-order valence-corrected chi connectivity index (χ1v) is 6.70. The molecule has 0 radical (unpaired) electrons. The zero-order chi connectivity index (χ0) is 14.9. The van der Waals surface area contributed by atoms with Crippen LogP contribution >= 0.6 is 0 Å². The Kier molecular flexibility index (Phi) is 8.06. The minimum Gasteiger partial charge on any atom is -0.466 e. The summed E-state index contributed by atoms with van der Waals surface area (Å²) in [7, 11) is 0. The normalized spacial score (nSPS) is 15.1. The summed E-state index contributed by atoms with van der Waals surface area (Å²) in [6.45, 7) is 6.40. The van der Waals surface area contributed by atoms with Crippen LogP contribution in [0.5, 0.6) is 0 Å². The summed E-state index contributed by atoms with van der Waals surface area (Å²) >= 11 is 0. The zero-order valence-electron chi connectivity index (χ0n) is 11.9. The maximum absolute atomic E-state index is 12.2. The second-order valence-corrected chi connectivity index (χ2v) is 4.94. The topological polar surface area (TPSA) is 38.3 Å². The van der Waals surface area contributed by atoms with E-state index in [-0.39, 0.29) is 25.4 Å². The molecule has 0 heterocycles. The number of nitrogens with one attached hydrogen (secondary N) is 1. The van der Waals surface area contributed by atoms with Crippen molar-refractivity contribution in [2.45, 2.75) is 64.6 Å². The monoisotopic (exact) mass is 283 g/mol. The van der Waals surface area contributed by atoms with Crippen LogP contribution in [0.25, 0.3) is 0 Å². The molecule has 0 aromatic carbocycles. The smallest absolute Gasteiger partial charge is 0.389 e. The van der Waals surface area contributed by atoms with Crippen molar-refractivity contribution in [1.82, 2.24) is 5.32 Å². The molecular formula is C13H24F3NO2. The average Bonchev–Trinajstić information content (AvgIpc) is 2.24. The minimum atomic E-state index is -4.14. The van der Waals surface area contributed by atoms with E-state index in [1.165, 1.54) is 0 Å². The molecule has 0 saturated heterocycles. The Labute approximate surface area is 112 Å². The van der Waals surface area contributed by atoms with Crippen molar-refractivity contribution in [2.75, 3.05) is 13.2 Å². The van der Waals surface area contributed by atoms with E-state index in [4.69, 9.17) is 4.74 Å². The fraction of sp³-hybridized carbons (Fsp3) is 0.923.